The number of aromatic nitrogens is 2. The van der Waals surface area contributed by atoms with E-state index in [1.165, 1.54) is 0 Å². The number of rotatable bonds is 4. The fourth-order valence-electron chi connectivity index (χ4n) is 4.14. The Morgan fingerprint density at radius 1 is 1.19 bits per heavy atom. The lowest BCUT2D eigenvalue weighted by Gasteiger charge is -2.38. The highest BCUT2D eigenvalue weighted by atomic mass is 16.2. The van der Waals surface area contributed by atoms with Crippen LogP contribution in [-0.2, 0) is 11.8 Å². The Morgan fingerprint density at radius 2 is 1.88 bits per heavy atom. The summed E-state index contributed by atoms with van der Waals surface area (Å²) >= 11 is 0. The second kappa shape index (κ2) is 7.78. The third kappa shape index (κ3) is 4.09. The topological polar surface area (TPSA) is 70.5 Å². The van der Waals surface area contributed by atoms with E-state index in [1.54, 1.807) is 10.9 Å². The van der Waals surface area contributed by atoms with Gasteiger partial charge in [-0.05, 0) is 40.0 Å². The lowest BCUT2D eigenvalue weighted by Crippen LogP contribution is -2.52. The highest BCUT2D eigenvalue weighted by Gasteiger charge is 2.35. The Labute approximate surface area is 155 Å². The Kier molecular flexibility index (Phi) is 5.65. The minimum atomic E-state index is -0.0840. The predicted octanol–water partition coefficient (Wildman–Crippen LogP) is 1.18. The molecule has 0 aromatic carbocycles. The maximum absolute atomic E-state index is 12.8. The molecular formula is C19H31N5O2. The summed E-state index contributed by atoms with van der Waals surface area (Å²) in [5, 5.41) is 7.31. The molecule has 0 unspecified atom stereocenters. The lowest BCUT2D eigenvalue weighted by atomic mass is 10.1. The molecule has 2 fully saturated rings. The van der Waals surface area contributed by atoms with Gasteiger partial charge in [0.1, 0.15) is 0 Å². The number of amides is 2. The summed E-state index contributed by atoms with van der Waals surface area (Å²) in [5.74, 6) is 0.225. The number of nitrogens with zero attached hydrogens (tertiary/aromatic N) is 4. The molecule has 0 bridgehead atoms. The minimum Gasteiger partial charge on any atom is -0.349 e. The average molecular weight is 361 g/mol. The van der Waals surface area contributed by atoms with Crippen LogP contribution in [-0.4, -0.2) is 69.7 Å². The normalized spacial score (nSPS) is 24.3. The SMILES string of the molecule is Cc1nn(C)cc1C(=O)N[C@H]1CC[C@@H](C(=O)N2CCN(C(C)C)CC2)C1. The molecule has 1 saturated carbocycles. The van der Waals surface area contributed by atoms with Gasteiger partial charge in [0.2, 0.25) is 5.91 Å². The summed E-state index contributed by atoms with van der Waals surface area (Å²) in [7, 11) is 1.81. The van der Waals surface area contributed by atoms with E-state index in [1.807, 2.05) is 18.9 Å². The molecule has 0 radical (unpaired) electrons. The highest BCUT2D eigenvalue weighted by Crippen LogP contribution is 2.28. The first-order valence-electron chi connectivity index (χ1n) is 9.69. The number of piperazine rings is 1. The number of nitrogens with one attached hydrogen (secondary N) is 1. The number of hydrogen-bond donors (Lipinski definition) is 1. The van der Waals surface area contributed by atoms with Crippen LogP contribution in [0.2, 0.25) is 0 Å². The molecule has 144 valence electrons. The molecule has 1 saturated heterocycles. The zero-order valence-electron chi connectivity index (χ0n) is 16.4. The van der Waals surface area contributed by atoms with E-state index >= 15 is 0 Å². The fourth-order valence-corrected chi connectivity index (χ4v) is 4.14. The van der Waals surface area contributed by atoms with Gasteiger partial charge in [0.25, 0.3) is 5.91 Å². The highest BCUT2D eigenvalue weighted by molar-refractivity contribution is 5.95. The summed E-state index contributed by atoms with van der Waals surface area (Å²) in [6.07, 6.45) is 4.22. The molecule has 2 heterocycles. The van der Waals surface area contributed by atoms with Crippen LogP contribution in [0.3, 0.4) is 0 Å². The van der Waals surface area contributed by atoms with Gasteiger partial charge in [0, 0.05) is 57.4 Å². The van der Waals surface area contributed by atoms with Gasteiger partial charge in [-0.3, -0.25) is 19.2 Å². The number of carbonyl (C=O) groups is 2. The maximum Gasteiger partial charge on any atom is 0.254 e. The molecule has 1 aromatic heterocycles. The molecule has 0 spiro atoms. The Hall–Kier alpha value is -1.89. The largest absolute Gasteiger partial charge is 0.349 e. The molecule has 2 aliphatic rings. The molecule has 2 atom stereocenters. The Morgan fingerprint density at radius 3 is 2.46 bits per heavy atom. The van der Waals surface area contributed by atoms with Gasteiger partial charge in [-0.2, -0.15) is 5.10 Å². The molecule has 2 amide bonds. The van der Waals surface area contributed by atoms with Crippen molar-refractivity contribution in [2.24, 2.45) is 13.0 Å². The van der Waals surface area contributed by atoms with Crippen LogP contribution in [0.15, 0.2) is 6.20 Å². The summed E-state index contributed by atoms with van der Waals surface area (Å²) < 4.78 is 1.65. The van der Waals surface area contributed by atoms with E-state index < -0.39 is 0 Å². The van der Waals surface area contributed by atoms with Crippen LogP contribution >= 0.6 is 0 Å². The summed E-state index contributed by atoms with van der Waals surface area (Å²) in [4.78, 5) is 29.7. The molecule has 1 aromatic rings. The second-order valence-corrected chi connectivity index (χ2v) is 7.94. The van der Waals surface area contributed by atoms with E-state index in [9.17, 15) is 9.59 Å². The quantitative estimate of drug-likeness (QED) is 0.874. The minimum absolute atomic E-state index is 0.0425. The third-order valence-electron chi connectivity index (χ3n) is 5.73. The number of carbonyl (C=O) groups excluding carboxylic acids is 2. The molecular weight excluding hydrogens is 330 g/mol. The van der Waals surface area contributed by atoms with Crippen molar-refractivity contribution in [3.63, 3.8) is 0 Å². The van der Waals surface area contributed by atoms with Gasteiger partial charge in [-0.1, -0.05) is 0 Å². The first-order chi connectivity index (χ1) is 12.3. The van der Waals surface area contributed by atoms with Crippen molar-refractivity contribution in [2.75, 3.05) is 26.2 Å². The van der Waals surface area contributed by atoms with Crippen molar-refractivity contribution in [1.29, 1.82) is 0 Å². The van der Waals surface area contributed by atoms with Crippen LogP contribution in [0.5, 0.6) is 0 Å². The van der Waals surface area contributed by atoms with Gasteiger partial charge >= 0.3 is 0 Å². The summed E-state index contributed by atoms with van der Waals surface area (Å²) in [5.41, 5.74) is 1.35. The van der Waals surface area contributed by atoms with E-state index in [-0.39, 0.29) is 23.8 Å². The van der Waals surface area contributed by atoms with Crippen LogP contribution in [0.4, 0.5) is 0 Å². The van der Waals surface area contributed by atoms with Gasteiger partial charge in [-0.25, -0.2) is 0 Å². The van der Waals surface area contributed by atoms with E-state index in [0.29, 0.717) is 11.6 Å². The smallest absolute Gasteiger partial charge is 0.254 e. The van der Waals surface area contributed by atoms with Crippen molar-refractivity contribution >= 4 is 11.8 Å². The Bertz CT molecular complexity index is 661. The van der Waals surface area contributed by atoms with Crippen molar-refractivity contribution < 1.29 is 9.59 Å². The average Bonchev–Trinajstić information content (AvgIpc) is 3.20. The monoisotopic (exact) mass is 361 g/mol. The Balaban J connectivity index is 1.50. The van der Waals surface area contributed by atoms with Crippen molar-refractivity contribution in [3.8, 4) is 0 Å². The number of hydrogen-bond acceptors (Lipinski definition) is 4. The first kappa shape index (κ1) is 18.9. The van der Waals surface area contributed by atoms with Gasteiger partial charge in [0.15, 0.2) is 0 Å². The van der Waals surface area contributed by atoms with Crippen LogP contribution in [0, 0.1) is 12.8 Å². The van der Waals surface area contributed by atoms with Crippen molar-refractivity contribution in [2.45, 2.75) is 52.1 Å². The fraction of sp³-hybridized carbons (Fsp3) is 0.737. The lowest BCUT2D eigenvalue weighted by molar-refractivity contribution is -0.137. The molecule has 3 rings (SSSR count). The summed E-state index contributed by atoms with van der Waals surface area (Å²) in [6.45, 7) is 9.79. The van der Waals surface area contributed by atoms with Gasteiger partial charge in [0.05, 0.1) is 11.3 Å². The second-order valence-electron chi connectivity index (χ2n) is 7.94. The van der Waals surface area contributed by atoms with E-state index in [0.717, 1.165) is 51.1 Å². The molecule has 1 aliphatic carbocycles. The maximum atomic E-state index is 12.8. The molecule has 1 N–H and O–H groups in total. The third-order valence-corrected chi connectivity index (χ3v) is 5.73. The van der Waals surface area contributed by atoms with Gasteiger partial charge in [-0.15, -0.1) is 0 Å². The van der Waals surface area contributed by atoms with Crippen LogP contribution in [0.1, 0.15) is 49.2 Å². The van der Waals surface area contributed by atoms with Crippen molar-refractivity contribution in [3.05, 3.63) is 17.5 Å². The zero-order valence-corrected chi connectivity index (χ0v) is 16.4. The van der Waals surface area contributed by atoms with Crippen LogP contribution in [0.25, 0.3) is 0 Å². The molecule has 7 heteroatoms. The zero-order chi connectivity index (χ0) is 18.8. The van der Waals surface area contributed by atoms with E-state index in [2.05, 4.69) is 29.2 Å². The standard InChI is InChI=1S/C19H31N5O2/c1-13(2)23-7-9-24(10-8-23)19(26)15-5-6-16(11-15)20-18(25)17-12-22(4)21-14(17)3/h12-13,15-16H,5-11H2,1-4H3,(H,20,25)/t15-,16+/m1/s1. The first-order valence-corrected chi connectivity index (χ1v) is 9.69. The molecule has 7 nitrogen and oxygen atoms in total. The van der Waals surface area contributed by atoms with E-state index in [4.69, 9.17) is 0 Å². The summed E-state index contributed by atoms with van der Waals surface area (Å²) in [6, 6.07) is 0.613. The van der Waals surface area contributed by atoms with Crippen LogP contribution < -0.4 is 5.32 Å². The molecule has 1 aliphatic heterocycles. The van der Waals surface area contributed by atoms with Gasteiger partial charge < -0.3 is 10.2 Å². The molecule has 26 heavy (non-hydrogen) atoms. The predicted molar refractivity (Wildman–Crippen MR) is 99.8 cm³/mol. The number of aryl methyl sites for hydroxylation is 2. The van der Waals surface area contributed by atoms with Crippen molar-refractivity contribution in [1.82, 2.24) is 24.9 Å².